The van der Waals surface area contributed by atoms with E-state index in [2.05, 4.69) is 23.5 Å². The average Bonchev–Trinajstić information content (AvgIpc) is 2.99. The second-order valence-electron chi connectivity index (χ2n) is 4.37. The van der Waals surface area contributed by atoms with Crippen LogP contribution in [0.15, 0.2) is 18.2 Å². The molecule has 1 aromatic carbocycles. The third-order valence-corrected chi connectivity index (χ3v) is 3.57. The van der Waals surface area contributed by atoms with Crippen molar-refractivity contribution in [3.8, 4) is 5.75 Å². The van der Waals surface area contributed by atoms with Crippen molar-refractivity contribution in [1.29, 1.82) is 0 Å². The maximum atomic E-state index is 5.23. The van der Waals surface area contributed by atoms with E-state index in [-0.39, 0.29) is 0 Å². The van der Waals surface area contributed by atoms with E-state index in [0.29, 0.717) is 5.41 Å². The minimum atomic E-state index is 0.535. The Hall–Kier alpha value is -1.18. The van der Waals surface area contributed by atoms with Crippen molar-refractivity contribution in [3.63, 3.8) is 0 Å². The molecular weight excluding hydrogens is 174 g/mol. The first-order valence-electron chi connectivity index (χ1n) is 5.26. The van der Waals surface area contributed by atoms with Gasteiger partial charge >= 0.3 is 0 Å². The molecule has 0 saturated heterocycles. The fourth-order valence-corrected chi connectivity index (χ4v) is 2.50. The van der Waals surface area contributed by atoms with Gasteiger partial charge in [-0.2, -0.15) is 0 Å². The van der Waals surface area contributed by atoms with Gasteiger partial charge in [-0.15, -0.1) is 0 Å². The van der Waals surface area contributed by atoms with E-state index in [1.807, 2.05) is 0 Å². The zero-order chi connectivity index (χ0) is 9.60. The second kappa shape index (κ2) is 2.66. The van der Waals surface area contributed by atoms with Gasteiger partial charge in [0.15, 0.2) is 0 Å². The molecule has 74 valence electrons. The molecule has 0 amide bonds. The molecule has 2 heteroatoms. The topological polar surface area (TPSA) is 21.3 Å². The van der Waals surface area contributed by atoms with Crippen LogP contribution in [-0.4, -0.2) is 13.7 Å². The molecule has 1 aromatic rings. The molecule has 1 spiro atoms. The number of rotatable bonds is 1. The maximum absolute atomic E-state index is 5.23. The highest BCUT2D eigenvalue weighted by Crippen LogP contribution is 2.55. The Labute approximate surface area is 84.3 Å². The monoisotopic (exact) mass is 189 g/mol. The first kappa shape index (κ1) is 8.16. The minimum Gasteiger partial charge on any atom is -0.497 e. The Balaban J connectivity index is 2.07. The van der Waals surface area contributed by atoms with E-state index >= 15 is 0 Å². The summed E-state index contributed by atoms with van der Waals surface area (Å²) in [4.78, 5) is 0. The van der Waals surface area contributed by atoms with E-state index in [1.54, 1.807) is 7.11 Å². The molecule has 1 aliphatic heterocycles. The third kappa shape index (κ3) is 1.03. The number of benzene rings is 1. The van der Waals surface area contributed by atoms with Gasteiger partial charge < -0.3 is 10.1 Å². The Kier molecular flexibility index (Phi) is 1.55. The van der Waals surface area contributed by atoms with Gasteiger partial charge in [-0.05, 0) is 36.3 Å². The lowest BCUT2D eigenvalue weighted by Gasteiger charge is -2.26. The van der Waals surface area contributed by atoms with Crippen LogP contribution < -0.4 is 10.1 Å². The van der Waals surface area contributed by atoms with Gasteiger partial charge in [0.1, 0.15) is 5.75 Å². The fraction of sp³-hybridized carbons (Fsp3) is 0.500. The lowest BCUT2D eigenvalue weighted by Crippen LogP contribution is -2.21. The van der Waals surface area contributed by atoms with E-state index < -0.39 is 0 Å². The van der Waals surface area contributed by atoms with Crippen LogP contribution in [0.2, 0.25) is 0 Å². The fourth-order valence-electron chi connectivity index (χ4n) is 2.50. The van der Waals surface area contributed by atoms with Crippen LogP contribution in [-0.2, 0) is 5.41 Å². The molecule has 1 saturated carbocycles. The van der Waals surface area contributed by atoms with Crippen LogP contribution in [0.3, 0.4) is 0 Å². The lowest BCUT2D eigenvalue weighted by molar-refractivity contribution is 0.414. The van der Waals surface area contributed by atoms with Crippen LogP contribution in [0, 0.1) is 0 Å². The standard InChI is InChI=1S/C12H15NO/c1-14-9-2-3-10-11(8-9)13-7-6-12(10)4-5-12/h2-3,8,13H,4-7H2,1H3. The number of methoxy groups -OCH3 is 1. The molecule has 0 bridgehead atoms. The Morgan fingerprint density at radius 2 is 2.14 bits per heavy atom. The number of ether oxygens (including phenoxy) is 1. The normalized spacial score (nSPS) is 21.2. The van der Waals surface area contributed by atoms with Gasteiger partial charge in [-0.1, -0.05) is 6.07 Å². The van der Waals surface area contributed by atoms with Gasteiger partial charge in [0.05, 0.1) is 7.11 Å². The predicted octanol–water partition coefficient (Wildman–Crippen LogP) is 2.54. The molecule has 0 radical (unpaired) electrons. The summed E-state index contributed by atoms with van der Waals surface area (Å²) in [5.74, 6) is 0.953. The van der Waals surface area contributed by atoms with Crippen molar-refractivity contribution >= 4 is 5.69 Å². The van der Waals surface area contributed by atoms with Crippen molar-refractivity contribution in [2.75, 3.05) is 19.0 Å². The van der Waals surface area contributed by atoms with Gasteiger partial charge in [-0.25, -0.2) is 0 Å². The summed E-state index contributed by atoms with van der Waals surface area (Å²) in [6.45, 7) is 1.11. The van der Waals surface area contributed by atoms with E-state index in [9.17, 15) is 0 Å². The van der Waals surface area contributed by atoms with Gasteiger partial charge in [0.25, 0.3) is 0 Å². The molecule has 14 heavy (non-hydrogen) atoms. The number of hydrogen-bond acceptors (Lipinski definition) is 2. The summed E-state index contributed by atoms with van der Waals surface area (Å²) in [6, 6.07) is 6.42. The summed E-state index contributed by atoms with van der Waals surface area (Å²) in [7, 11) is 1.72. The highest BCUT2D eigenvalue weighted by Gasteiger charge is 2.46. The highest BCUT2D eigenvalue weighted by atomic mass is 16.5. The van der Waals surface area contributed by atoms with Crippen LogP contribution in [0.4, 0.5) is 5.69 Å². The van der Waals surface area contributed by atoms with Crippen molar-refractivity contribution < 1.29 is 4.74 Å². The Bertz CT molecular complexity index is 369. The lowest BCUT2D eigenvalue weighted by atomic mass is 9.88. The smallest absolute Gasteiger partial charge is 0.120 e. The van der Waals surface area contributed by atoms with Crippen LogP contribution in [0.1, 0.15) is 24.8 Å². The quantitative estimate of drug-likeness (QED) is 0.733. The van der Waals surface area contributed by atoms with Crippen LogP contribution in [0.25, 0.3) is 0 Å². The number of anilines is 1. The molecule has 1 fully saturated rings. The van der Waals surface area contributed by atoms with Crippen LogP contribution >= 0.6 is 0 Å². The zero-order valence-corrected chi connectivity index (χ0v) is 8.47. The van der Waals surface area contributed by atoms with Gasteiger partial charge in [0, 0.05) is 18.3 Å². The molecule has 2 nitrogen and oxygen atoms in total. The molecule has 0 unspecified atom stereocenters. The second-order valence-corrected chi connectivity index (χ2v) is 4.37. The summed E-state index contributed by atoms with van der Waals surface area (Å²) in [6.07, 6.45) is 4.04. The number of nitrogens with one attached hydrogen (secondary N) is 1. The van der Waals surface area contributed by atoms with Gasteiger partial charge in [-0.3, -0.25) is 0 Å². The first-order valence-corrected chi connectivity index (χ1v) is 5.26. The Morgan fingerprint density at radius 3 is 2.86 bits per heavy atom. The number of fused-ring (bicyclic) bond motifs is 2. The summed E-state index contributed by atoms with van der Waals surface area (Å²) in [5.41, 5.74) is 3.32. The van der Waals surface area contributed by atoms with E-state index in [1.165, 1.54) is 30.5 Å². The largest absolute Gasteiger partial charge is 0.497 e. The average molecular weight is 189 g/mol. The van der Waals surface area contributed by atoms with Crippen molar-refractivity contribution in [1.82, 2.24) is 0 Å². The zero-order valence-electron chi connectivity index (χ0n) is 8.47. The maximum Gasteiger partial charge on any atom is 0.120 e. The molecule has 1 heterocycles. The Morgan fingerprint density at radius 1 is 1.29 bits per heavy atom. The third-order valence-electron chi connectivity index (χ3n) is 3.57. The van der Waals surface area contributed by atoms with Crippen molar-refractivity contribution in [2.45, 2.75) is 24.7 Å². The summed E-state index contributed by atoms with van der Waals surface area (Å²) in [5, 5.41) is 3.45. The molecule has 2 aliphatic rings. The molecule has 0 atom stereocenters. The first-order chi connectivity index (χ1) is 6.84. The van der Waals surface area contributed by atoms with Crippen LogP contribution in [0.5, 0.6) is 5.75 Å². The SMILES string of the molecule is COc1ccc2c(c1)NCCC21CC1. The molecular formula is C12H15NO. The van der Waals surface area contributed by atoms with Crippen molar-refractivity contribution in [2.24, 2.45) is 0 Å². The molecule has 3 rings (SSSR count). The minimum absolute atomic E-state index is 0.535. The predicted molar refractivity (Wildman–Crippen MR) is 57.0 cm³/mol. The highest BCUT2D eigenvalue weighted by molar-refractivity contribution is 5.61. The molecule has 1 N–H and O–H groups in total. The van der Waals surface area contributed by atoms with E-state index in [4.69, 9.17) is 4.74 Å². The summed E-state index contributed by atoms with van der Waals surface area (Å²) >= 11 is 0. The van der Waals surface area contributed by atoms with Gasteiger partial charge in [0.2, 0.25) is 0 Å². The van der Waals surface area contributed by atoms with E-state index in [0.717, 1.165) is 12.3 Å². The van der Waals surface area contributed by atoms with Crippen molar-refractivity contribution in [3.05, 3.63) is 23.8 Å². The number of hydrogen-bond donors (Lipinski definition) is 1. The molecule has 0 aromatic heterocycles. The molecule has 1 aliphatic carbocycles. The summed E-state index contributed by atoms with van der Waals surface area (Å²) < 4.78 is 5.23.